The Morgan fingerprint density at radius 1 is 1.35 bits per heavy atom. The zero-order valence-electron chi connectivity index (χ0n) is 12.3. The molecular formula is C17H23ClFN. The molecule has 1 aromatic carbocycles. The van der Waals surface area contributed by atoms with Crippen LogP contribution in [0.3, 0.4) is 0 Å². The lowest BCUT2D eigenvalue weighted by molar-refractivity contribution is 0.239. The van der Waals surface area contributed by atoms with Crippen molar-refractivity contribution in [1.82, 2.24) is 5.32 Å². The van der Waals surface area contributed by atoms with Gasteiger partial charge in [0.05, 0.1) is 5.02 Å². The predicted molar refractivity (Wildman–Crippen MR) is 81.5 cm³/mol. The smallest absolute Gasteiger partial charge is 0.144 e. The fourth-order valence-electron chi connectivity index (χ4n) is 3.87. The topological polar surface area (TPSA) is 12.0 Å². The molecule has 3 rings (SSSR count). The average molecular weight is 296 g/mol. The van der Waals surface area contributed by atoms with E-state index in [0.29, 0.717) is 6.04 Å². The maximum absolute atomic E-state index is 14.2. The lowest BCUT2D eigenvalue weighted by Crippen LogP contribution is -2.38. The minimum atomic E-state index is -0.223. The number of hydrogen-bond donors (Lipinski definition) is 1. The van der Waals surface area contributed by atoms with E-state index in [4.69, 9.17) is 11.6 Å². The Hall–Kier alpha value is -0.600. The normalized spacial score (nSPS) is 31.6. The van der Waals surface area contributed by atoms with Crippen LogP contribution in [0.4, 0.5) is 4.39 Å². The van der Waals surface area contributed by atoms with Gasteiger partial charge in [-0.3, -0.25) is 0 Å². The zero-order valence-corrected chi connectivity index (χ0v) is 13.0. The lowest BCUT2D eigenvalue weighted by Gasteiger charge is -2.32. The van der Waals surface area contributed by atoms with Crippen LogP contribution < -0.4 is 5.32 Å². The standard InChI is InChI=1S/C17H23ClFN/c1-11(2)20-10-17(8-13-6-14(13)9-17)7-12-4-3-5-15(18)16(12)19/h3-5,11,13-14,20H,6-10H2,1-2H3. The van der Waals surface area contributed by atoms with Gasteiger partial charge in [-0.2, -0.15) is 0 Å². The van der Waals surface area contributed by atoms with Crippen LogP contribution in [0.5, 0.6) is 0 Å². The van der Waals surface area contributed by atoms with Crippen molar-refractivity contribution in [3.63, 3.8) is 0 Å². The third-order valence-corrected chi connectivity index (χ3v) is 5.23. The maximum atomic E-state index is 14.2. The monoisotopic (exact) mass is 295 g/mol. The molecule has 0 bridgehead atoms. The van der Waals surface area contributed by atoms with Crippen molar-refractivity contribution < 1.29 is 4.39 Å². The van der Waals surface area contributed by atoms with Gasteiger partial charge in [-0.05, 0) is 54.6 Å². The minimum Gasteiger partial charge on any atom is -0.314 e. The molecule has 2 atom stereocenters. The number of halogens is 2. The van der Waals surface area contributed by atoms with Crippen LogP contribution in [0.1, 0.15) is 38.7 Å². The molecule has 0 spiro atoms. The van der Waals surface area contributed by atoms with Crippen molar-refractivity contribution in [2.24, 2.45) is 17.3 Å². The highest BCUT2D eigenvalue weighted by Crippen LogP contribution is 2.60. The Kier molecular flexibility index (Phi) is 3.81. The molecule has 20 heavy (non-hydrogen) atoms. The van der Waals surface area contributed by atoms with E-state index in [1.54, 1.807) is 6.07 Å². The highest BCUT2D eigenvalue weighted by Gasteiger charge is 2.53. The molecule has 1 nitrogen and oxygen atoms in total. The van der Waals surface area contributed by atoms with Crippen molar-refractivity contribution in [1.29, 1.82) is 0 Å². The second-order valence-electron chi connectivity index (χ2n) is 7.09. The SMILES string of the molecule is CC(C)NCC1(Cc2cccc(Cl)c2F)CC2CC2C1. The van der Waals surface area contributed by atoms with Crippen LogP contribution >= 0.6 is 11.6 Å². The van der Waals surface area contributed by atoms with Crippen molar-refractivity contribution in [3.8, 4) is 0 Å². The number of rotatable bonds is 5. The molecule has 110 valence electrons. The highest BCUT2D eigenvalue weighted by molar-refractivity contribution is 6.30. The van der Waals surface area contributed by atoms with E-state index in [0.717, 1.165) is 30.4 Å². The van der Waals surface area contributed by atoms with E-state index in [-0.39, 0.29) is 16.3 Å². The fourth-order valence-corrected chi connectivity index (χ4v) is 4.06. The largest absolute Gasteiger partial charge is 0.314 e. The van der Waals surface area contributed by atoms with E-state index in [9.17, 15) is 4.39 Å². The molecule has 0 aromatic heterocycles. The fraction of sp³-hybridized carbons (Fsp3) is 0.647. The summed E-state index contributed by atoms with van der Waals surface area (Å²) in [6.07, 6.45) is 4.68. The van der Waals surface area contributed by atoms with Gasteiger partial charge >= 0.3 is 0 Å². The Labute approximate surface area is 125 Å². The van der Waals surface area contributed by atoms with Crippen LogP contribution in [0.25, 0.3) is 0 Å². The molecule has 0 aliphatic heterocycles. The van der Waals surface area contributed by atoms with Crippen molar-refractivity contribution in [2.75, 3.05) is 6.54 Å². The molecule has 0 amide bonds. The molecule has 0 radical (unpaired) electrons. The lowest BCUT2D eigenvalue weighted by atomic mass is 9.77. The average Bonchev–Trinajstić information content (AvgIpc) is 3.01. The first kappa shape index (κ1) is 14.3. The van der Waals surface area contributed by atoms with Gasteiger partial charge in [0.15, 0.2) is 0 Å². The van der Waals surface area contributed by atoms with Crippen molar-refractivity contribution in [2.45, 2.75) is 45.6 Å². The summed E-state index contributed by atoms with van der Waals surface area (Å²) in [6, 6.07) is 5.86. The Morgan fingerprint density at radius 2 is 2.05 bits per heavy atom. The summed E-state index contributed by atoms with van der Waals surface area (Å²) in [4.78, 5) is 0. The number of hydrogen-bond acceptors (Lipinski definition) is 1. The van der Waals surface area contributed by atoms with Crippen LogP contribution in [0, 0.1) is 23.1 Å². The molecule has 0 saturated heterocycles. The van der Waals surface area contributed by atoms with E-state index in [1.165, 1.54) is 19.3 Å². The third kappa shape index (κ3) is 2.87. The Bertz CT molecular complexity index is 490. The van der Waals surface area contributed by atoms with Gasteiger partial charge in [0.1, 0.15) is 5.82 Å². The van der Waals surface area contributed by atoms with Gasteiger partial charge in [0.25, 0.3) is 0 Å². The highest BCUT2D eigenvalue weighted by atomic mass is 35.5. The molecule has 2 saturated carbocycles. The first-order chi connectivity index (χ1) is 9.49. The van der Waals surface area contributed by atoms with Gasteiger partial charge in [-0.25, -0.2) is 4.39 Å². The summed E-state index contributed by atoms with van der Waals surface area (Å²) >= 11 is 5.92. The maximum Gasteiger partial charge on any atom is 0.144 e. The van der Waals surface area contributed by atoms with E-state index in [2.05, 4.69) is 19.2 Å². The predicted octanol–water partition coefficient (Wildman–Crippen LogP) is 4.44. The molecule has 2 aliphatic carbocycles. The molecule has 0 heterocycles. The third-order valence-electron chi connectivity index (χ3n) is 4.94. The van der Waals surface area contributed by atoms with E-state index in [1.807, 2.05) is 12.1 Å². The van der Waals surface area contributed by atoms with Crippen molar-refractivity contribution >= 4 is 11.6 Å². The summed E-state index contributed by atoms with van der Waals surface area (Å²) in [5, 5.41) is 3.82. The van der Waals surface area contributed by atoms with Crippen LogP contribution in [-0.4, -0.2) is 12.6 Å². The summed E-state index contributed by atoms with van der Waals surface area (Å²) in [5.74, 6) is 1.57. The second kappa shape index (κ2) is 5.31. The van der Waals surface area contributed by atoms with Gasteiger partial charge in [-0.1, -0.05) is 37.6 Å². The summed E-state index contributed by atoms with van der Waals surface area (Å²) in [6.45, 7) is 5.33. The van der Waals surface area contributed by atoms with Gasteiger partial charge in [0.2, 0.25) is 0 Å². The van der Waals surface area contributed by atoms with Crippen LogP contribution in [0.2, 0.25) is 5.02 Å². The molecule has 2 fully saturated rings. The number of fused-ring (bicyclic) bond motifs is 1. The van der Waals surface area contributed by atoms with Gasteiger partial charge < -0.3 is 5.32 Å². The Morgan fingerprint density at radius 3 is 2.70 bits per heavy atom. The first-order valence-corrected chi connectivity index (χ1v) is 8.03. The van der Waals surface area contributed by atoms with Gasteiger partial charge in [-0.15, -0.1) is 0 Å². The minimum absolute atomic E-state index is 0.223. The molecule has 2 unspecified atom stereocenters. The summed E-state index contributed by atoms with van der Waals surface area (Å²) in [5.41, 5.74) is 1.01. The van der Waals surface area contributed by atoms with Crippen LogP contribution in [-0.2, 0) is 6.42 Å². The van der Waals surface area contributed by atoms with Crippen molar-refractivity contribution in [3.05, 3.63) is 34.6 Å². The van der Waals surface area contributed by atoms with Crippen LogP contribution in [0.15, 0.2) is 18.2 Å². The van der Waals surface area contributed by atoms with Gasteiger partial charge in [0, 0.05) is 12.6 Å². The molecule has 3 heteroatoms. The molecule has 1 aromatic rings. The van der Waals surface area contributed by atoms with E-state index < -0.39 is 0 Å². The first-order valence-electron chi connectivity index (χ1n) is 7.65. The van der Waals surface area contributed by atoms with E-state index >= 15 is 0 Å². The molecular weight excluding hydrogens is 273 g/mol. The quantitative estimate of drug-likeness (QED) is 0.847. The summed E-state index contributed by atoms with van der Waals surface area (Å²) in [7, 11) is 0. The summed E-state index contributed by atoms with van der Waals surface area (Å²) < 4.78 is 14.2. The second-order valence-corrected chi connectivity index (χ2v) is 7.50. The number of benzene rings is 1. The number of nitrogens with one attached hydrogen (secondary N) is 1. The zero-order chi connectivity index (χ0) is 14.3. The molecule has 2 aliphatic rings. The Balaban J connectivity index is 1.78. The molecule has 1 N–H and O–H groups in total.